The number of para-hydroxylation sites is 1. The highest BCUT2D eigenvalue weighted by atomic mass is 16.2. The number of hydrogen-bond acceptors (Lipinski definition) is 2. The highest BCUT2D eigenvalue weighted by molar-refractivity contribution is 5.92. The van der Waals surface area contributed by atoms with Gasteiger partial charge >= 0.3 is 6.03 Å². The van der Waals surface area contributed by atoms with E-state index in [0.29, 0.717) is 6.54 Å². The van der Waals surface area contributed by atoms with Gasteiger partial charge < -0.3 is 5.32 Å². The third kappa shape index (κ3) is 4.31. The van der Waals surface area contributed by atoms with Crippen molar-refractivity contribution in [1.29, 1.82) is 0 Å². The third-order valence-corrected chi connectivity index (χ3v) is 3.36. The Morgan fingerprint density at radius 2 is 2.00 bits per heavy atom. The number of hydrogen-bond donors (Lipinski definition) is 1. The van der Waals surface area contributed by atoms with E-state index in [2.05, 4.69) is 17.2 Å². The first-order valence-corrected chi connectivity index (χ1v) is 7.22. The molecule has 0 radical (unpaired) electrons. The Morgan fingerprint density at radius 1 is 1.24 bits per heavy atom. The zero-order valence-electron chi connectivity index (χ0n) is 12.5. The molecule has 1 heterocycles. The van der Waals surface area contributed by atoms with E-state index < -0.39 is 0 Å². The first kappa shape index (κ1) is 15.0. The quantitative estimate of drug-likeness (QED) is 0.911. The lowest BCUT2D eigenvalue weighted by molar-refractivity contribution is 0.242. The molecule has 1 atom stereocenters. The molecule has 0 saturated carbocycles. The van der Waals surface area contributed by atoms with Gasteiger partial charge in [0.25, 0.3) is 0 Å². The highest BCUT2D eigenvalue weighted by Gasteiger charge is 2.17. The summed E-state index contributed by atoms with van der Waals surface area (Å²) < 4.78 is 0. The molecule has 0 spiro atoms. The maximum Gasteiger partial charge on any atom is 0.322 e. The molecule has 0 aliphatic carbocycles. The summed E-state index contributed by atoms with van der Waals surface area (Å²) in [5.74, 6) is 0. The summed E-state index contributed by atoms with van der Waals surface area (Å²) in [6.07, 6.45) is 4.42. The second-order valence-electron chi connectivity index (χ2n) is 5.04. The first-order chi connectivity index (χ1) is 10.2. The van der Waals surface area contributed by atoms with E-state index in [9.17, 15) is 4.79 Å². The molecule has 0 aliphatic rings. The Morgan fingerprint density at radius 3 is 2.62 bits per heavy atom. The van der Waals surface area contributed by atoms with Gasteiger partial charge in [0.2, 0.25) is 0 Å². The summed E-state index contributed by atoms with van der Waals surface area (Å²) in [5.41, 5.74) is 1.88. The van der Waals surface area contributed by atoms with Crippen LogP contribution in [-0.2, 0) is 6.54 Å². The van der Waals surface area contributed by atoms with Crippen LogP contribution in [0, 0.1) is 0 Å². The minimum atomic E-state index is -0.0839. The molecule has 1 N–H and O–H groups in total. The lowest BCUT2D eigenvalue weighted by Gasteiger charge is -2.25. The van der Waals surface area contributed by atoms with Gasteiger partial charge in [-0.05, 0) is 37.1 Å². The van der Waals surface area contributed by atoms with Crippen LogP contribution in [0.1, 0.15) is 25.8 Å². The molecule has 2 aromatic rings. The number of carbonyl (C=O) groups is 1. The summed E-state index contributed by atoms with van der Waals surface area (Å²) in [4.78, 5) is 18.4. The van der Waals surface area contributed by atoms with Gasteiger partial charge in [-0.25, -0.2) is 4.79 Å². The van der Waals surface area contributed by atoms with Gasteiger partial charge in [0, 0.05) is 24.1 Å². The van der Waals surface area contributed by atoms with Crippen LogP contribution in [0.25, 0.3) is 0 Å². The molecule has 0 fully saturated rings. The predicted molar refractivity (Wildman–Crippen MR) is 85.1 cm³/mol. The molecule has 2 rings (SSSR count). The lowest BCUT2D eigenvalue weighted by Crippen LogP contribution is -2.43. The van der Waals surface area contributed by atoms with Crippen molar-refractivity contribution in [1.82, 2.24) is 10.3 Å². The molecular formula is C17H21N3O. The molecule has 0 bridgehead atoms. The predicted octanol–water partition coefficient (Wildman–Crippen LogP) is 3.60. The SMILES string of the molecule is CCC(C)NC(=O)N(Cc1cccnc1)c1ccccc1. The van der Waals surface area contributed by atoms with Gasteiger partial charge in [0.15, 0.2) is 0 Å². The molecule has 4 heteroatoms. The van der Waals surface area contributed by atoms with Crippen LogP contribution in [0.15, 0.2) is 54.9 Å². The molecule has 0 aliphatic heterocycles. The average molecular weight is 283 g/mol. The van der Waals surface area contributed by atoms with Crippen molar-refractivity contribution in [2.24, 2.45) is 0 Å². The van der Waals surface area contributed by atoms with Crippen molar-refractivity contribution >= 4 is 11.7 Å². The van der Waals surface area contributed by atoms with Crippen molar-refractivity contribution < 1.29 is 4.79 Å². The van der Waals surface area contributed by atoms with Gasteiger partial charge in [0.1, 0.15) is 0 Å². The summed E-state index contributed by atoms with van der Waals surface area (Å²) in [7, 11) is 0. The van der Waals surface area contributed by atoms with Crippen LogP contribution < -0.4 is 10.2 Å². The van der Waals surface area contributed by atoms with Gasteiger partial charge in [-0.15, -0.1) is 0 Å². The number of amides is 2. The fourth-order valence-corrected chi connectivity index (χ4v) is 1.95. The van der Waals surface area contributed by atoms with Crippen molar-refractivity contribution in [3.63, 3.8) is 0 Å². The van der Waals surface area contributed by atoms with Crippen LogP contribution >= 0.6 is 0 Å². The smallest absolute Gasteiger partial charge is 0.322 e. The van der Waals surface area contributed by atoms with Crippen LogP contribution in [0.5, 0.6) is 0 Å². The summed E-state index contributed by atoms with van der Waals surface area (Å²) in [6.45, 7) is 4.56. The molecule has 4 nitrogen and oxygen atoms in total. The van der Waals surface area contributed by atoms with E-state index in [1.165, 1.54) is 0 Å². The number of nitrogens with one attached hydrogen (secondary N) is 1. The van der Waals surface area contributed by atoms with E-state index in [4.69, 9.17) is 0 Å². The number of rotatable bonds is 5. The molecule has 2 amide bonds. The molecule has 21 heavy (non-hydrogen) atoms. The average Bonchev–Trinajstić information content (AvgIpc) is 2.54. The summed E-state index contributed by atoms with van der Waals surface area (Å²) in [5, 5.41) is 3.01. The van der Waals surface area contributed by atoms with E-state index in [1.807, 2.05) is 49.4 Å². The third-order valence-electron chi connectivity index (χ3n) is 3.36. The zero-order chi connectivity index (χ0) is 15.1. The van der Waals surface area contributed by atoms with E-state index >= 15 is 0 Å². The largest absolute Gasteiger partial charge is 0.335 e. The zero-order valence-corrected chi connectivity index (χ0v) is 12.5. The Bertz CT molecular complexity index is 557. The second kappa shape index (κ2) is 7.43. The fourth-order valence-electron chi connectivity index (χ4n) is 1.95. The normalized spacial score (nSPS) is 11.7. The van der Waals surface area contributed by atoms with Crippen LogP contribution in [0.3, 0.4) is 0 Å². The van der Waals surface area contributed by atoms with E-state index in [0.717, 1.165) is 17.7 Å². The minimum absolute atomic E-state index is 0.0839. The molecular weight excluding hydrogens is 262 g/mol. The van der Waals surface area contributed by atoms with Crippen molar-refractivity contribution in [3.8, 4) is 0 Å². The van der Waals surface area contributed by atoms with Gasteiger partial charge in [0.05, 0.1) is 6.54 Å². The number of benzene rings is 1. The highest BCUT2D eigenvalue weighted by Crippen LogP contribution is 2.17. The topological polar surface area (TPSA) is 45.2 Å². The van der Waals surface area contributed by atoms with Crippen LogP contribution in [0.4, 0.5) is 10.5 Å². The number of urea groups is 1. The fraction of sp³-hybridized carbons (Fsp3) is 0.294. The number of anilines is 1. The Hall–Kier alpha value is -2.36. The Balaban J connectivity index is 2.20. The summed E-state index contributed by atoms with van der Waals surface area (Å²) >= 11 is 0. The van der Waals surface area contributed by atoms with Crippen LogP contribution in [0.2, 0.25) is 0 Å². The van der Waals surface area contributed by atoms with E-state index in [-0.39, 0.29) is 12.1 Å². The van der Waals surface area contributed by atoms with Gasteiger partial charge in [-0.1, -0.05) is 31.2 Å². The number of pyridine rings is 1. The van der Waals surface area contributed by atoms with Crippen molar-refractivity contribution in [2.45, 2.75) is 32.9 Å². The molecule has 110 valence electrons. The Kier molecular flexibility index (Phi) is 5.32. The van der Waals surface area contributed by atoms with E-state index in [1.54, 1.807) is 17.3 Å². The molecule has 1 aromatic heterocycles. The molecule has 1 aromatic carbocycles. The molecule has 0 saturated heterocycles. The van der Waals surface area contributed by atoms with Crippen molar-refractivity contribution in [2.75, 3.05) is 4.90 Å². The lowest BCUT2D eigenvalue weighted by atomic mass is 10.2. The van der Waals surface area contributed by atoms with Crippen LogP contribution in [-0.4, -0.2) is 17.1 Å². The maximum absolute atomic E-state index is 12.5. The second-order valence-corrected chi connectivity index (χ2v) is 5.04. The maximum atomic E-state index is 12.5. The number of carbonyl (C=O) groups excluding carboxylic acids is 1. The monoisotopic (exact) mass is 283 g/mol. The first-order valence-electron chi connectivity index (χ1n) is 7.22. The summed E-state index contributed by atoms with van der Waals surface area (Å²) in [6, 6.07) is 13.6. The Labute approximate surface area is 125 Å². The minimum Gasteiger partial charge on any atom is -0.335 e. The van der Waals surface area contributed by atoms with Crippen molar-refractivity contribution in [3.05, 3.63) is 60.4 Å². The number of aromatic nitrogens is 1. The molecule has 1 unspecified atom stereocenters. The standard InChI is InChI=1S/C17H21N3O/c1-3-14(2)19-17(21)20(16-9-5-4-6-10-16)13-15-8-7-11-18-12-15/h4-12,14H,3,13H2,1-2H3,(H,19,21). The van der Waals surface area contributed by atoms with Gasteiger partial charge in [-0.3, -0.25) is 9.88 Å². The van der Waals surface area contributed by atoms with Gasteiger partial charge in [-0.2, -0.15) is 0 Å². The number of nitrogens with zero attached hydrogens (tertiary/aromatic N) is 2.